The number of hydrogen-bond donors (Lipinski definition) is 0. The summed E-state index contributed by atoms with van der Waals surface area (Å²) in [7, 11) is 0. The van der Waals surface area contributed by atoms with Crippen LogP contribution in [0.15, 0.2) is 12.7 Å². The fourth-order valence-corrected chi connectivity index (χ4v) is 2.12. The molecule has 0 amide bonds. The number of rotatable bonds is 6. The lowest BCUT2D eigenvalue weighted by Gasteiger charge is -2.27. The first-order valence-corrected chi connectivity index (χ1v) is 6.11. The summed E-state index contributed by atoms with van der Waals surface area (Å²) < 4.78 is 0. The Kier molecular flexibility index (Phi) is 5.62. The van der Waals surface area contributed by atoms with E-state index < -0.39 is 0 Å². The maximum atomic E-state index is 11.1. The molecule has 1 aliphatic rings. The van der Waals surface area contributed by atoms with E-state index in [1.54, 1.807) is 0 Å². The summed E-state index contributed by atoms with van der Waals surface area (Å²) >= 11 is 0. The number of likely N-dealkylation sites (tertiary alicyclic amines) is 1. The van der Waals surface area contributed by atoms with Crippen LogP contribution in [0.3, 0.4) is 0 Å². The number of carbonyl (C=O) groups excluding carboxylic acids is 1. The minimum atomic E-state index is 0.435. The van der Waals surface area contributed by atoms with Crippen LogP contribution in [0.1, 0.15) is 39.0 Å². The second kappa shape index (κ2) is 6.78. The van der Waals surface area contributed by atoms with Crippen LogP contribution in [-0.4, -0.2) is 30.3 Å². The van der Waals surface area contributed by atoms with Crippen LogP contribution in [0, 0.1) is 5.92 Å². The molecule has 1 heterocycles. The Morgan fingerprint density at radius 1 is 1.47 bits per heavy atom. The first-order valence-electron chi connectivity index (χ1n) is 6.11. The highest BCUT2D eigenvalue weighted by atomic mass is 16.1. The highest BCUT2D eigenvalue weighted by Crippen LogP contribution is 2.15. The molecule has 1 rings (SSSR count). The lowest BCUT2D eigenvalue weighted by Crippen LogP contribution is -2.35. The van der Waals surface area contributed by atoms with Crippen molar-refractivity contribution in [3.63, 3.8) is 0 Å². The lowest BCUT2D eigenvalue weighted by atomic mass is 9.97. The van der Waals surface area contributed by atoms with Gasteiger partial charge >= 0.3 is 0 Å². The number of carbonyl (C=O) groups is 1. The Hall–Kier alpha value is -0.630. The molecule has 1 unspecified atom stereocenters. The third kappa shape index (κ3) is 4.61. The van der Waals surface area contributed by atoms with Crippen molar-refractivity contribution >= 4 is 5.78 Å². The largest absolute Gasteiger partial charge is 0.302 e. The molecule has 2 heteroatoms. The van der Waals surface area contributed by atoms with Crippen LogP contribution < -0.4 is 0 Å². The van der Waals surface area contributed by atoms with E-state index in [0.717, 1.165) is 44.8 Å². The molecule has 0 aromatic heterocycles. The van der Waals surface area contributed by atoms with Gasteiger partial charge in [0.15, 0.2) is 0 Å². The van der Waals surface area contributed by atoms with Crippen LogP contribution in [-0.2, 0) is 4.79 Å². The maximum absolute atomic E-state index is 11.1. The molecule has 0 spiro atoms. The van der Waals surface area contributed by atoms with Crippen LogP contribution in [0.25, 0.3) is 0 Å². The Morgan fingerprint density at radius 2 is 2.13 bits per heavy atom. The van der Waals surface area contributed by atoms with Gasteiger partial charge in [0.1, 0.15) is 5.78 Å². The smallest absolute Gasteiger partial charge is 0.135 e. The Balaban J connectivity index is 2.18. The van der Waals surface area contributed by atoms with Crippen LogP contribution in [0.4, 0.5) is 0 Å². The van der Waals surface area contributed by atoms with E-state index in [9.17, 15) is 4.79 Å². The molecule has 0 radical (unpaired) electrons. The molecular weight excluding hydrogens is 186 g/mol. The minimum absolute atomic E-state index is 0.435. The second-order valence-electron chi connectivity index (χ2n) is 4.47. The Morgan fingerprint density at radius 3 is 2.67 bits per heavy atom. The van der Waals surface area contributed by atoms with Gasteiger partial charge < -0.3 is 4.90 Å². The van der Waals surface area contributed by atoms with Crippen molar-refractivity contribution in [3.8, 4) is 0 Å². The summed E-state index contributed by atoms with van der Waals surface area (Å²) in [4.78, 5) is 13.5. The van der Waals surface area contributed by atoms with Gasteiger partial charge in [-0.15, -0.1) is 6.58 Å². The third-order valence-corrected chi connectivity index (χ3v) is 3.34. The van der Waals surface area contributed by atoms with Gasteiger partial charge in [0.05, 0.1) is 0 Å². The van der Waals surface area contributed by atoms with Gasteiger partial charge in [-0.1, -0.05) is 19.4 Å². The second-order valence-corrected chi connectivity index (χ2v) is 4.47. The number of Topliss-reactive ketones (excluding diaryl/α,β-unsaturated/α-hetero) is 1. The molecule has 2 nitrogen and oxygen atoms in total. The fourth-order valence-electron chi connectivity index (χ4n) is 2.12. The van der Waals surface area contributed by atoms with Gasteiger partial charge in [0.2, 0.25) is 0 Å². The van der Waals surface area contributed by atoms with E-state index in [0.29, 0.717) is 5.78 Å². The summed E-state index contributed by atoms with van der Waals surface area (Å²) in [5, 5.41) is 0. The average molecular weight is 209 g/mol. The first-order chi connectivity index (χ1) is 7.26. The van der Waals surface area contributed by atoms with E-state index >= 15 is 0 Å². The zero-order chi connectivity index (χ0) is 11.1. The number of hydrogen-bond acceptors (Lipinski definition) is 2. The van der Waals surface area contributed by atoms with Crippen molar-refractivity contribution in [3.05, 3.63) is 12.7 Å². The zero-order valence-electron chi connectivity index (χ0n) is 9.87. The van der Waals surface area contributed by atoms with Crippen molar-refractivity contribution < 1.29 is 4.79 Å². The fraction of sp³-hybridized carbons (Fsp3) is 0.769. The Labute approximate surface area is 93.3 Å². The van der Waals surface area contributed by atoms with E-state index in [1.165, 1.54) is 12.8 Å². The Bertz CT molecular complexity index is 203. The summed E-state index contributed by atoms with van der Waals surface area (Å²) in [6.45, 7) is 9.14. The molecule has 0 aromatic rings. The molecule has 86 valence electrons. The van der Waals surface area contributed by atoms with Crippen LogP contribution >= 0.6 is 0 Å². The number of nitrogens with zero attached hydrogens (tertiary/aromatic N) is 1. The van der Waals surface area contributed by atoms with Gasteiger partial charge in [-0.25, -0.2) is 0 Å². The molecule has 1 atom stereocenters. The van der Waals surface area contributed by atoms with E-state index in [4.69, 9.17) is 0 Å². The highest BCUT2D eigenvalue weighted by molar-refractivity contribution is 5.79. The van der Waals surface area contributed by atoms with E-state index in [2.05, 4.69) is 18.4 Å². The number of ketones is 1. The monoisotopic (exact) mass is 209 g/mol. The topological polar surface area (TPSA) is 20.3 Å². The third-order valence-electron chi connectivity index (χ3n) is 3.34. The molecule has 0 aromatic carbocycles. The van der Waals surface area contributed by atoms with Crippen molar-refractivity contribution in [1.82, 2.24) is 4.90 Å². The summed E-state index contributed by atoms with van der Waals surface area (Å²) in [6.07, 6.45) is 7.16. The van der Waals surface area contributed by atoms with Crippen molar-refractivity contribution in [2.24, 2.45) is 5.92 Å². The molecule has 0 N–H and O–H groups in total. The minimum Gasteiger partial charge on any atom is -0.302 e. The summed E-state index contributed by atoms with van der Waals surface area (Å²) in [5.74, 6) is 1.21. The summed E-state index contributed by atoms with van der Waals surface area (Å²) in [6, 6.07) is 0. The van der Waals surface area contributed by atoms with Crippen molar-refractivity contribution in [1.29, 1.82) is 0 Å². The first kappa shape index (κ1) is 12.4. The molecule has 0 aliphatic carbocycles. The zero-order valence-corrected chi connectivity index (χ0v) is 9.87. The molecular formula is C13H23NO. The molecule has 1 saturated heterocycles. The van der Waals surface area contributed by atoms with Gasteiger partial charge in [-0.2, -0.15) is 0 Å². The molecule has 0 saturated carbocycles. The number of piperidine rings is 1. The van der Waals surface area contributed by atoms with Crippen molar-refractivity contribution in [2.45, 2.75) is 39.0 Å². The van der Waals surface area contributed by atoms with Gasteiger partial charge in [-0.3, -0.25) is 4.79 Å². The highest BCUT2D eigenvalue weighted by Gasteiger charge is 2.16. The molecule has 1 aliphatic heterocycles. The predicted molar refractivity (Wildman–Crippen MR) is 63.9 cm³/mol. The van der Waals surface area contributed by atoms with Crippen LogP contribution in [0.5, 0.6) is 0 Å². The average Bonchev–Trinajstić information content (AvgIpc) is 2.26. The maximum Gasteiger partial charge on any atom is 0.135 e. The molecule has 0 bridgehead atoms. The molecule has 1 fully saturated rings. The van der Waals surface area contributed by atoms with Gasteiger partial charge in [0.25, 0.3) is 0 Å². The molecule has 15 heavy (non-hydrogen) atoms. The van der Waals surface area contributed by atoms with Gasteiger partial charge in [-0.05, 0) is 25.3 Å². The predicted octanol–water partition coefficient (Wildman–Crippen LogP) is 2.64. The SMILES string of the molecule is C=CCC(CC)CCN1CCC(=O)CC1. The van der Waals surface area contributed by atoms with Crippen LogP contribution in [0.2, 0.25) is 0 Å². The van der Waals surface area contributed by atoms with E-state index in [1.807, 2.05) is 6.08 Å². The van der Waals surface area contributed by atoms with Crippen molar-refractivity contribution in [2.75, 3.05) is 19.6 Å². The van der Waals surface area contributed by atoms with E-state index in [-0.39, 0.29) is 0 Å². The standard InChI is InChI=1S/C13H23NO/c1-3-5-12(4-2)6-9-14-10-7-13(15)8-11-14/h3,12H,1,4-11H2,2H3. The van der Waals surface area contributed by atoms with Gasteiger partial charge in [0, 0.05) is 25.9 Å². The quantitative estimate of drug-likeness (QED) is 0.627. The number of allylic oxidation sites excluding steroid dienone is 1. The normalized spacial score (nSPS) is 20.2. The lowest BCUT2D eigenvalue weighted by molar-refractivity contribution is -0.121. The summed E-state index contributed by atoms with van der Waals surface area (Å²) in [5.41, 5.74) is 0.